The van der Waals surface area contributed by atoms with Crippen molar-refractivity contribution < 1.29 is 4.74 Å². The number of nitrogens with two attached hydrogens (primary N) is 1. The van der Waals surface area contributed by atoms with Gasteiger partial charge in [0, 0.05) is 5.56 Å². The van der Waals surface area contributed by atoms with Crippen LogP contribution in [-0.4, -0.2) is 6.61 Å². The van der Waals surface area contributed by atoms with Gasteiger partial charge in [-0.1, -0.05) is 18.1 Å². The molecule has 1 aliphatic rings. The highest BCUT2D eigenvalue weighted by atomic mass is 16.5. The zero-order chi connectivity index (χ0) is 9.26. The summed E-state index contributed by atoms with van der Waals surface area (Å²) in [6.45, 7) is 1.17. The highest BCUT2D eigenvalue weighted by molar-refractivity contribution is 5.46. The van der Waals surface area contributed by atoms with E-state index < -0.39 is 0 Å². The number of hydrogen-bond acceptors (Lipinski definition) is 2. The lowest BCUT2D eigenvalue weighted by atomic mass is 9.95. The third-order valence-electron chi connectivity index (χ3n) is 2.31. The number of ether oxygens (including phenoxy) is 1. The zero-order valence-corrected chi connectivity index (χ0v) is 7.29. The highest BCUT2D eigenvalue weighted by Crippen LogP contribution is 2.25. The number of fused-ring (bicyclic) bond motifs is 1. The van der Waals surface area contributed by atoms with Crippen LogP contribution in [-0.2, 0) is 11.3 Å². The Bertz CT molecular complexity index is 365. The van der Waals surface area contributed by atoms with Gasteiger partial charge >= 0.3 is 0 Å². The van der Waals surface area contributed by atoms with Crippen molar-refractivity contribution >= 4 is 0 Å². The van der Waals surface area contributed by atoms with E-state index in [1.807, 2.05) is 18.2 Å². The van der Waals surface area contributed by atoms with Gasteiger partial charge in [-0.25, -0.2) is 0 Å². The Kier molecular flexibility index (Phi) is 2.05. The molecule has 2 rings (SSSR count). The van der Waals surface area contributed by atoms with E-state index in [0.717, 1.165) is 16.7 Å². The molecule has 0 bridgehead atoms. The van der Waals surface area contributed by atoms with Crippen LogP contribution in [0.5, 0.6) is 0 Å². The van der Waals surface area contributed by atoms with E-state index >= 15 is 0 Å². The van der Waals surface area contributed by atoms with E-state index in [0.29, 0.717) is 13.2 Å². The summed E-state index contributed by atoms with van der Waals surface area (Å²) in [5, 5.41) is 0. The molecule has 0 saturated carbocycles. The molecule has 66 valence electrons. The third-order valence-corrected chi connectivity index (χ3v) is 2.31. The summed E-state index contributed by atoms with van der Waals surface area (Å²) in [6.07, 6.45) is 5.37. The fraction of sp³-hybridized carbons (Fsp3) is 0.273. The number of terminal acetylenes is 1. The molecule has 1 heterocycles. The molecular formula is C11H11NO. The second-order valence-electron chi connectivity index (χ2n) is 3.14. The predicted molar refractivity (Wildman–Crippen MR) is 51.0 cm³/mol. The fourth-order valence-corrected chi connectivity index (χ4v) is 1.63. The maximum atomic E-state index is 5.88. The Hall–Kier alpha value is -1.30. The van der Waals surface area contributed by atoms with E-state index in [1.165, 1.54) is 0 Å². The second kappa shape index (κ2) is 3.21. The fourth-order valence-electron chi connectivity index (χ4n) is 1.63. The Morgan fingerprint density at radius 1 is 1.54 bits per heavy atom. The molecule has 1 aromatic carbocycles. The van der Waals surface area contributed by atoms with Crippen LogP contribution in [0.1, 0.15) is 22.7 Å². The van der Waals surface area contributed by atoms with Crippen LogP contribution in [0.2, 0.25) is 0 Å². The summed E-state index contributed by atoms with van der Waals surface area (Å²) in [7, 11) is 0. The first-order valence-corrected chi connectivity index (χ1v) is 4.24. The SMILES string of the molecule is C#Cc1cccc2c1COC[C@H]2N. The molecule has 13 heavy (non-hydrogen) atoms. The summed E-state index contributed by atoms with van der Waals surface area (Å²) < 4.78 is 5.33. The molecule has 0 spiro atoms. The molecule has 0 radical (unpaired) electrons. The maximum Gasteiger partial charge on any atom is 0.0733 e. The van der Waals surface area contributed by atoms with Crippen molar-refractivity contribution in [1.29, 1.82) is 0 Å². The summed E-state index contributed by atoms with van der Waals surface area (Å²) in [6, 6.07) is 5.85. The minimum Gasteiger partial charge on any atom is -0.375 e. The van der Waals surface area contributed by atoms with Gasteiger partial charge in [0.1, 0.15) is 0 Å². The van der Waals surface area contributed by atoms with Crippen molar-refractivity contribution in [2.75, 3.05) is 6.61 Å². The third kappa shape index (κ3) is 1.33. The molecule has 2 heteroatoms. The summed E-state index contributed by atoms with van der Waals surface area (Å²) in [4.78, 5) is 0. The van der Waals surface area contributed by atoms with Crippen LogP contribution >= 0.6 is 0 Å². The Labute approximate surface area is 77.7 Å². The molecule has 0 aromatic heterocycles. The lowest BCUT2D eigenvalue weighted by Gasteiger charge is -2.23. The topological polar surface area (TPSA) is 35.2 Å². The van der Waals surface area contributed by atoms with Crippen LogP contribution in [0.4, 0.5) is 0 Å². The Balaban J connectivity index is 2.56. The van der Waals surface area contributed by atoms with Crippen LogP contribution in [0.15, 0.2) is 18.2 Å². The smallest absolute Gasteiger partial charge is 0.0733 e. The van der Waals surface area contributed by atoms with E-state index in [9.17, 15) is 0 Å². The summed E-state index contributed by atoms with van der Waals surface area (Å²) in [5.41, 5.74) is 8.97. The second-order valence-corrected chi connectivity index (χ2v) is 3.14. The van der Waals surface area contributed by atoms with Gasteiger partial charge in [0.15, 0.2) is 0 Å². The van der Waals surface area contributed by atoms with E-state index in [1.54, 1.807) is 0 Å². The van der Waals surface area contributed by atoms with Gasteiger partial charge in [-0.15, -0.1) is 6.42 Å². The van der Waals surface area contributed by atoms with Crippen LogP contribution in [0.25, 0.3) is 0 Å². The lowest BCUT2D eigenvalue weighted by molar-refractivity contribution is 0.0922. The highest BCUT2D eigenvalue weighted by Gasteiger charge is 2.18. The van der Waals surface area contributed by atoms with Crippen molar-refractivity contribution in [3.63, 3.8) is 0 Å². The van der Waals surface area contributed by atoms with Crippen molar-refractivity contribution in [3.05, 3.63) is 34.9 Å². The van der Waals surface area contributed by atoms with Crippen molar-refractivity contribution in [3.8, 4) is 12.3 Å². The molecule has 0 aliphatic carbocycles. The van der Waals surface area contributed by atoms with Crippen LogP contribution in [0, 0.1) is 12.3 Å². The molecule has 2 N–H and O–H groups in total. The largest absolute Gasteiger partial charge is 0.375 e. The quantitative estimate of drug-likeness (QED) is 0.598. The van der Waals surface area contributed by atoms with Gasteiger partial charge in [0.05, 0.1) is 19.3 Å². The Morgan fingerprint density at radius 2 is 2.38 bits per heavy atom. The van der Waals surface area contributed by atoms with Gasteiger partial charge in [-0.3, -0.25) is 0 Å². The average molecular weight is 173 g/mol. The molecule has 0 fully saturated rings. The standard InChI is InChI=1S/C11H11NO/c1-2-8-4-3-5-9-10(8)6-13-7-11(9)12/h1,3-5,11H,6-7,12H2/t11-/m1/s1. The van der Waals surface area contributed by atoms with E-state index in [-0.39, 0.29) is 6.04 Å². The molecule has 0 amide bonds. The van der Waals surface area contributed by atoms with E-state index in [4.69, 9.17) is 16.9 Å². The van der Waals surface area contributed by atoms with Crippen molar-refractivity contribution in [2.45, 2.75) is 12.6 Å². The number of hydrogen-bond donors (Lipinski definition) is 1. The van der Waals surface area contributed by atoms with Gasteiger partial charge in [-0.05, 0) is 17.2 Å². The van der Waals surface area contributed by atoms with Gasteiger partial charge in [0.2, 0.25) is 0 Å². The first-order chi connectivity index (χ1) is 6.33. The van der Waals surface area contributed by atoms with Crippen LogP contribution in [0.3, 0.4) is 0 Å². The van der Waals surface area contributed by atoms with Gasteiger partial charge in [0.25, 0.3) is 0 Å². The Morgan fingerprint density at radius 3 is 3.15 bits per heavy atom. The first kappa shape index (κ1) is 8.31. The molecule has 1 atom stereocenters. The summed E-state index contributed by atoms with van der Waals surface area (Å²) >= 11 is 0. The molecule has 2 nitrogen and oxygen atoms in total. The maximum absolute atomic E-state index is 5.88. The van der Waals surface area contributed by atoms with Gasteiger partial charge < -0.3 is 10.5 Å². The number of rotatable bonds is 0. The molecule has 0 unspecified atom stereocenters. The molecule has 1 aromatic rings. The average Bonchev–Trinajstić information content (AvgIpc) is 2.18. The predicted octanol–water partition coefficient (Wildman–Crippen LogP) is 1.20. The molecule has 1 aliphatic heterocycles. The number of benzene rings is 1. The van der Waals surface area contributed by atoms with Crippen LogP contribution < -0.4 is 5.73 Å². The van der Waals surface area contributed by atoms with Gasteiger partial charge in [-0.2, -0.15) is 0 Å². The lowest BCUT2D eigenvalue weighted by Crippen LogP contribution is -2.24. The monoisotopic (exact) mass is 173 g/mol. The normalized spacial score (nSPS) is 20.5. The minimum absolute atomic E-state index is 0.0305. The summed E-state index contributed by atoms with van der Waals surface area (Å²) in [5.74, 6) is 2.64. The molecule has 0 saturated heterocycles. The van der Waals surface area contributed by atoms with Crippen molar-refractivity contribution in [1.82, 2.24) is 0 Å². The molecular weight excluding hydrogens is 162 g/mol. The first-order valence-electron chi connectivity index (χ1n) is 4.24. The minimum atomic E-state index is -0.0305. The van der Waals surface area contributed by atoms with E-state index in [2.05, 4.69) is 5.92 Å². The zero-order valence-electron chi connectivity index (χ0n) is 7.29. The van der Waals surface area contributed by atoms with Crippen molar-refractivity contribution in [2.24, 2.45) is 5.73 Å².